The Balaban J connectivity index is 2.02. The summed E-state index contributed by atoms with van der Waals surface area (Å²) < 4.78 is 0. The second-order valence-electron chi connectivity index (χ2n) is 6.34. The van der Waals surface area contributed by atoms with Gasteiger partial charge in [0.2, 0.25) is 0 Å². The van der Waals surface area contributed by atoms with Crippen LogP contribution < -0.4 is 5.32 Å². The molecule has 2 rings (SSSR count). The fourth-order valence-corrected chi connectivity index (χ4v) is 3.66. The second-order valence-corrected chi connectivity index (χ2v) is 6.34. The molecule has 0 aromatic rings. The summed E-state index contributed by atoms with van der Waals surface area (Å²) in [7, 11) is 2.15. The zero-order valence-electron chi connectivity index (χ0n) is 12.1. The van der Waals surface area contributed by atoms with Crippen LogP contribution in [0.5, 0.6) is 0 Å². The van der Waals surface area contributed by atoms with Crippen molar-refractivity contribution < 1.29 is 0 Å². The van der Waals surface area contributed by atoms with Gasteiger partial charge in [0.15, 0.2) is 0 Å². The molecule has 0 saturated heterocycles. The lowest BCUT2D eigenvalue weighted by molar-refractivity contribution is 0.0837. The maximum Gasteiger partial charge on any atom is 0.0254 e. The van der Waals surface area contributed by atoms with Crippen molar-refractivity contribution >= 4 is 0 Å². The maximum atomic E-state index is 3.57. The molecule has 2 aliphatic rings. The van der Waals surface area contributed by atoms with E-state index < -0.39 is 0 Å². The highest BCUT2D eigenvalue weighted by Crippen LogP contribution is 2.37. The Hall–Kier alpha value is -0.0800. The smallest absolute Gasteiger partial charge is 0.0254 e. The predicted octanol–water partition coefficient (Wildman–Crippen LogP) is 2.88. The van der Waals surface area contributed by atoms with Crippen LogP contribution >= 0.6 is 0 Å². The first-order valence-corrected chi connectivity index (χ1v) is 7.60. The zero-order chi connectivity index (χ0) is 12.4. The van der Waals surface area contributed by atoms with Gasteiger partial charge in [-0.05, 0) is 57.5 Å². The Labute approximate surface area is 107 Å². The molecule has 1 N–H and O–H groups in total. The molecule has 3 atom stereocenters. The van der Waals surface area contributed by atoms with Gasteiger partial charge in [0.1, 0.15) is 0 Å². The number of hydrogen-bond donors (Lipinski definition) is 1. The summed E-state index contributed by atoms with van der Waals surface area (Å²) >= 11 is 0. The van der Waals surface area contributed by atoms with E-state index in [2.05, 4.69) is 38.0 Å². The number of likely N-dealkylation sites (N-methyl/N-ethyl adjacent to an activating group) is 2. The van der Waals surface area contributed by atoms with Crippen molar-refractivity contribution in [3.63, 3.8) is 0 Å². The topological polar surface area (TPSA) is 15.3 Å². The molecule has 0 amide bonds. The molecular formula is C15H30N2. The summed E-state index contributed by atoms with van der Waals surface area (Å²) in [5.74, 6) is 1.80. The molecule has 2 saturated carbocycles. The Bertz CT molecular complexity index is 235. The van der Waals surface area contributed by atoms with Crippen molar-refractivity contribution in [1.29, 1.82) is 0 Å². The monoisotopic (exact) mass is 238 g/mol. The summed E-state index contributed by atoms with van der Waals surface area (Å²) in [5.41, 5.74) is 0. The van der Waals surface area contributed by atoms with Gasteiger partial charge in [-0.25, -0.2) is 0 Å². The molecule has 2 heteroatoms. The molecule has 0 bridgehead atoms. The van der Waals surface area contributed by atoms with Crippen LogP contribution in [-0.4, -0.2) is 36.6 Å². The van der Waals surface area contributed by atoms with E-state index in [9.17, 15) is 0 Å². The lowest BCUT2D eigenvalue weighted by Gasteiger charge is -2.43. The van der Waals surface area contributed by atoms with E-state index >= 15 is 0 Å². The van der Waals surface area contributed by atoms with Crippen LogP contribution in [0.15, 0.2) is 0 Å². The molecule has 0 spiro atoms. The van der Waals surface area contributed by atoms with Gasteiger partial charge in [0, 0.05) is 18.1 Å². The van der Waals surface area contributed by atoms with Crippen molar-refractivity contribution in [1.82, 2.24) is 10.2 Å². The first-order valence-electron chi connectivity index (χ1n) is 7.60. The maximum absolute atomic E-state index is 3.57. The molecule has 2 nitrogen and oxygen atoms in total. The highest BCUT2D eigenvalue weighted by molar-refractivity contribution is 4.96. The summed E-state index contributed by atoms with van der Waals surface area (Å²) in [6.45, 7) is 8.37. The Morgan fingerprint density at radius 2 is 1.88 bits per heavy atom. The van der Waals surface area contributed by atoms with Crippen LogP contribution in [0.25, 0.3) is 0 Å². The molecule has 3 unspecified atom stereocenters. The molecule has 17 heavy (non-hydrogen) atoms. The van der Waals surface area contributed by atoms with Gasteiger partial charge >= 0.3 is 0 Å². The Morgan fingerprint density at radius 1 is 1.18 bits per heavy atom. The summed E-state index contributed by atoms with van der Waals surface area (Å²) in [6, 6.07) is 2.43. The van der Waals surface area contributed by atoms with E-state index in [1.807, 2.05) is 0 Å². The van der Waals surface area contributed by atoms with Crippen molar-refractivity contribution in [3.05, 3.63) is 0 Å². The standard InChI is InChI=1S/C15H30N2/c1-5-17(13-7-8-13)15-10-12(11(2)3)6-9-14(15)16-4/h11-16H,5-10H2,1-4H3. The Morgan fingerprint density at radius 3 is 2.35 bits per heavy atom. The minimum atomic E-state index is 0.727. The largest absolute Gasteiger partial charge is 0.315 e. The van der Waals surface area contributed by atoms with Crippen LogP contribution in [0.4, 0.5) is 0 Å². The molecule has 0 aromatic carbocycles. The van der Waals surface area contributed by atoms with Gasteiger partial charge in [0.05, 0.1) is 0 Å². The third kappa shape index (κ3) is 3.03. The van der Waals surface area contributed by atoms with Crippen LogP contribution in [0, 0.1) is 11.8 Å². The fraction of sp³-hybridized carbons (Fsp3) is 1.00. The van der Waals surface area contributed by atoms with Crippen LogP contribution in [0.2, 0.25) is 0 Å². The molecule has 100 valence electrons. The molecular weight excluding hydrogens is 208 g/mol. The van der Waals surface area contributed by atoms with Crippen molar-refractivity contribution in [2.24, 2.45) is 11.8 Å². The van der Waals surface area contributed by atoms with Crippen molar-refractivity contribution in [2.45, 2.75) is 71.0 Å². The van der Waals surface area contributed by atoms with E-state index in [0.717, 1.165) is 30.0 Å². The van der Waals surface area contributed by atoms with Gasteiger partial charge in [-0.2, -0.15) is 0 Å². The SMILES string of the molecule is CCN(C1CC1)C1CC(C(C)C)CCC1NC. The first kappa shape index (κ1) is 13.4. The summed E-state index contributed by atoms with van der Waals surface area (Å²) in [6.07, 6.45) is 7.07. The van der Waals surface area contributed by atoms with Gasteiger partial charge in [-0.15, -0.1) is 0 Å². The van der Waals surface area contributed by atoms with Gasteiger partial charge < -0.3 is 5.32 Å². The minimum absolute atomic E-state index is 0.727. The normalized spacial score (nSPS) is 34.6. The number of rotatable bonds is 5. The number of nitrogens with one attached hydrogen (secondary N) is 1. The van der Waals surface area contributed by atoms with Crippen molar-refractivity contribution in [3.8, 4) is 0 Å². The zero-order valence-corrected chi connectivity index (χ0v) is 12.1. The lowest BCUT2D eigenvalue weighted by atomic mass is 9.76. The molecule has 0 heterocycles. The van der Waals surface area contributed by atoms with E-state index in [0.29, 0.717) is 0 Å². The third-order valence-corrected chi connectivity index (χ3v) is 4.98. The van der Waals surface area contributed by atoms with E-state index in [-0.39, 0.29) is 0 Å². The minimum Gasteiger partial charge on any atom is -0.315 e. The van der Waals surface area contributed by atoms with Crippen LogP contribution in [0.3, 0.4) is 0 Å². The lowest BCUT2D eigenvalue weighted by Crippen LogP contribution is -2.53. The highest BCUT2D eigenvalue weighted by atomic mass is 15.2. The first-order chi connectivity index (χ1) is 8.17. The average molecular weight is 238 g/mol. The average Bonchev–Trinajstić information content (AvgIpc) is 3.14. The highest BCUT2D eigenvalue weighted by Gasteiger charge is 2.39. The number of hydrogen-bond acceptors (Lipinski definition) is 2. The van der Waals surface area contributed by atoms with Gasteiger partial charge in [-0.3, -0.25) is 4.90 Å². The van der Waals surface area contributed by atoms with Crippen molar-refractivity contribution in [2.75, 3.05) is 13.6 Å². The predicted molar refractivity (Wildman–Crippen MR) is 74.2 cm³/mol. The quantitative estimate of drug-likeness (QED) is 0.792. The molecule has 0 aliphatic heterocycles. The number of nitrogens with zero attached hydrogens (tertiary/aromatic N) is 1. The van der Waals surface area contributed by atoms with Crippen LogP contribution in [0.1, 0.15) is 52.9 Å². The summed E-state index contributed by atoms with van der Waals surface area (Å²) in [4.78, 5) is 2.79. The Kier molecular flexibility index (Phi) is 4.48. The summed E-state index contributed by atoms with van der Waals surface area (Å²) in [5, 5.41) is 3.57. The molecule has 0 radical (unpaired) electrons. The second kappa shape index (κ2) is 5.71. The van der Waals surface area contributed by atoms with Gasteiger partial charge in [0.25, 0.3) is 0 Å². The van der Waals surface area contributed by atoms with Gasteiger partial charge in [-0.1, -0.05) is 20.8 Å². The van der Waals surface area contributed by atoms with E-state index in [1.165, 1.54) is 38.6 Å². The van der Waals surface area contributed by atoms with E-state index in [1.54, 1.807) is 0 Å². The molecule has 2 aliphatic carbocycles. The van der Waals surface area contributed by atoms with Crippen LogP contribution in [-0.2, 0) is 0 Å². The fourth-order valence-electron chi connectivity index (χ4n) is 3.66. The van der Waals surface area contributed by atoms with E-state index in [4.69, 9.17) is 0 Å². The molecule has 0 aromatic heterocycles. The molecule has 2 fully saturated rings. The third-order valence-electron chi connectivity index (χ3n) is 4.98.